The molecule has 0 aliphatic heterocycles. The Balaban J connectivity index is 2.78. The Morgan fingerprint density at radius 1 is 1.56 bits per heavy atom. The zero-order valence-electron chi connectivity index (χ0n) is 9.79. The van der Waals surface area contributed by atoms with Crippen LogP contribution in [0.15, 0.2) is 18.7 Å². The van der Waals surface area contributed by atoms with Gasteiger partial charge >= 0.3 is 0 Å². The van der Waals surface area contributed by atoms with Crippen molar-refractivity contribution in [3.8, 4) is 11.9 Å². The van der Waals surface area contributed by atoms with E-state index in [4.69, 9.17) is 10.00 Å². The average Bonchev–Trinajstić information content (AvgIpc) is 2.24. The molecular weight excluding hydrogens is 200 g/mol. The highest BCUT2D eigenvalue weighted by Crippen LogP contribution is 2.19. The SMILES string of the molecule is C=CCCCOc1nc(C)cc(C)c1C#N. The molecule has 0 saturated carbocycles. The van der Waals surface area contributed by atoms with Crippen molar-refractivity contribution in [3.63, 3.8) is 0 Å². The monoisotopic (exact) mass is 216 g/mol. The minimum Gasteiger partial charge on any atom is -0.477 e. The normalized spacial score (nSPS) is 9.56. The number of hydrogen-bond acceptors (Lipinski definition) is 3. The number of allylic oxidation sites excluding steroid dienone is 1. The zero-order valence-corrected chi connectivity index (χ0v) is 9.79. The first-order chi connectivity index (χ1) is 7.69. The lowest BCUT2D eigenvalue weighted by molar-refractivity contribution is 0.298. The highest BCUT2D eigenvalue weighted by molar-refractivity contribution is 5.45. The predicted octanol–water partition coefficient (Wildman–Crippen LogP) is 2.92. The van der Waals surface area contributed by atoms with E-state index in [1.165, 1.54) is 0 Å². The molecule has 0 aromatic carbocycles. The average molecular weight is 216 g/mol. The Kier molecular flexibility index (Phi) is 4.53. The zero-order chi connectivity index (χ0) is 12.0. The Labute approximate surface area is 96.4 Å². The molecule has 0 fully saturated rings. The van der Waals surface area contributed by atoms with Crippen LogP contribution in [-0.2, 0) is 0 Å². The van der Waals surface area contributed by atoms with Gasteiger partial charge in [0.2, 0.25) is 5.88 Å². The molecule has 1 heterocycles. The van der Waals surface area contributed by atoms with Crippen LogP contribution in [0, 0.1) is 25.2 Å². The molecule has 1 aromatic rings. The van der Waals surface area contributed by atoms with Crippen LogP contribution >= 0.6 is 0 Å². The lowest BCUT2D eigenvalue weighted by atomic mass is 10.1. The Morgan fingerprint density at radius 2 is 2.31 bits per heavy atom. The van der Waals surface area contributed by atoms with Gasteiger partial charge in [-0.15, -0.1) is 6.58 Å². The van der Waals surface area contributed by atoms with Crippen LogP contribution in [0.4, 0.5) is 0 Å². The Hall–Kier alpha value is -1.82. The maximum Gasteiger partial charge on any atom is 0.232 e. The summed E-state index contributed by atoms with van der Waals surface area (Å²) in [7, 11) is 0. The van der Waals surface area contributed by atoms with E-state index < -0.39 is 0 Å². The van der Waals surface area contributed by atoms with Crippen molar-refractivity contribution in [2.45, 2.75) is 26.7 Å². The minimum atomic E-state index is 0.448. The van der Waals surface area contributed by atoms with E-state index in [1.54, 1.807) is 0 Å². The van der Waals surface area contributed by atoms with Gasteiger partial charge in [0.25, 0.3) is 0 Å². The van der Waals surface area contributed by atoms with Crippen LogP contribution in [0.5, 0.6) is 5.88 Å². The maximum absolute atomic E-state index is 9.01. The second-order valence-corrected chi connectivity index (χ2v) is 3.65. The highest BCUT2D eigenvalue weighted by Gasteiger charge is 2.09. The molecule has 0 radical (unpaired) electrons. The predicted molar refractivity (Wildman–Crippen MR) is 63.4 cm³/mol. The number of nitriles is 1. The number of aryl methyl sites for hydroxylation is 2. The number of unbranched alkanes of at least 4 members (excludes halogenated alkanes) is 1. The molecule has 1 rings (SSSR count). The largest absolute Gasteiger partial charge is 0.477 e. The van der Waals surface area contributed by atoms with Crippen LogP contribution in [-0.4, -0.2) is 11.6 Å². The number of hydrogen-bond donors (Lipinski definition) is 0. The van der Waals surface area contributed by atoms with Crippen LogP contribution in [0.3, 0.4) is 0 Å². The van der Waals surface area contributed by atoms with Gasteiger partial charge in [-0.1, -0.05) is 6.08 Å². The number of ether oxygens (including phenoxy) is 1. The van der Waals surface area contributed by atoms with Crippen molar-refractivity contribution in [3.05, 3.63) is 35.5 Å². The Bertz CT molecular complexity index is 419. The Morgan fingerprint density at radius 3 is 2.94 bits per heavy atom. The van der Waals surface area contributed by atoms with Gasteiger partial charge in [-0.05, 0) is 38.3 Å². The lowest BCUT2D eigenvalue weighted by Crippen LogP contribution is -2.03. The summed E-state index contributed by atoms with van der Waals surface area (Å²) >= 11 is 0. The molecule has 0 aliphatic rings. The van der Waals surface area contributed by atoms with Gasteiger partial charge in [-0.3, -0.25) is 0 Å². The van der Waals surface area contributed by atoms with E-state index in [0.29, 0.717) is 18.1 Å². The molecule has 0 N–H and O–H groups in total. The van der Waals surface area contributed by atoms with E-state index in [0.717, 1.165) is 24.1 Å². The van der Waals surface area contributed by atoms with Crippen molar-refractivity contribution in [2.24, 2.45) is 0 Å². The summed E-state index contributed by atoms with van der Waals surface area (Å²) in [4.78, 5) is 4.23. The van der Waals surface area contributed by atoms with Crippen molar-refractivity contribution in [2.75, 3.05) is 6.61 Å². The van der Waals surface area contributed by atoms with Gasteiger partial charge in [0, 0.05) is 5.69 Å². The van der Waals surface area contributed by atoms with Crippen LogP contribution in [0.25, 0.3) is 0 Å². The summed E-state index contributed by atoms with van der Waals surface area (Å²) in [5.41, 5.74) is 2.31. The van der Waals surface area contributed by atoms with E-state index in [2.05, 4.69) is 17.6 Å². The van der Waals surface area contributed by atoms with Crippen molar-refractivity contribution < 1.29 is 4.74 Å². The van der Waals surface area contributed by atoms with Gasteiger partial charge in [0.05, 0.1) is 6.61 Å². The summed E-state index contributed by atoms with van der Waals surface area (Å²) in [5.74, 6) is 0.448. The number of rotatable bonds is 5. The quantitative estimate of drug-likeness (QED) is 0.561. The van der Waals surface area contributed by atoms with Crippen LogP contribution < -0.4 is 4.74 Å². The van der Waals surface area contributed by atoms with E-state index in [-0.39, 0.29) is 0 Å². The number of nitrogens with zero attached hydrogens (tertiary/aromatic N) is 2. The van der Waals surface area contributed by atoms with Gasteiger partial charge in [-0.2, -0.15) is 5.26 Å². The standard InChI is InChI=1S/C13H16N2O/c1-4-5-6-7-16-13-12(9-14)10(2)8-11(3)15-13/h4,8H,1,5-7H2,2-3H3. The third kappa shape index (κ3) is 3.09. The molecular formula is C13H16N2O. The fourth-order valence-corrected chi connectivity index (χ4v) is 1.44. The molecule has 3 heteroatoms. The minimum absolute atomic E-state index is 0.448. The molecule has 16 heavy (non-hydrogen) atoms. The van der Waals surface area contributed by atoms with Crippen LogP contribution in [0.2, 0.25) is 0 Å². The first kappa shape index (κ1) is 12.3. The van der Waals surface area contributed by atoms with Gasteiger partial charge in [-0.25, -0.2) is 4.98 Å². The molecule has 3 nitrogen and oxygen atoms in total. The van der Waals surface area contributed by atoms with Gasteiger partial charge in [0.15, 0.2) is 0 Å². The molecule has 0 spiro atoms. The van der Waals surface area contributed by atoms with Gasteiger partial charge in [0.1, 0.15) is 11.6 Å². The summed E-state index contributed by atoms with van der Waals surface area (Å²) in [5, 5.41) is 9.01. The number of aromatic nitrogens is 1. The van der Waals surface area contributed by atoms with E-state index in [1.807, 2.05) is 26.0 Å². The lowest BCUT2D eigenvalue weighted by Gasteiger charge is -2.08. The first-order valence-corrected chi connectivity index (χ1v) is 5.31. The highest BCUT2D eigenvalue weighted by atomic mass is 16.5. The second kappa shape index (κ2) is 5.92. The fourth-order valence-electron chi connectivity index (χ4n) is 1.44. The third-order valence-electron chi connectivity index (χ3n) is 2.21. The summed E-state index contributed by atoms with van der Waals surface area (Å²) < 4.78 is 5.51. The summed E-state index contributed by atoms with van der Waals surface area (Å²) in [6, 6.07) is 4.01. The number of pyridine rings is 1. The first-order valence-electron chi connectivity index (χ1n) is 5.31. The fraction of sp³-hybridized carbons (Fsp3) is 0.385. The second-order valence-electron chi connectivity index (χ2n) is 3.65. The molecule has 84 valence electrons. The molecule has 0 aliphatic carbocycles. The summed E-state index contributed by atoms with van der Waals surface area (Å²) in [6.45, 7) is 8.00. The molecule has 1 aromatic heterocycles. The third-order valence-corrected chi connectivity index (χ3v) is 2.21. The maximum atomic E-state index is 9.01. The van der Waals surface area contributed by atoms with Crippen molar-refractivity contribution in [1.29, 1.82) is 5.26 Å². The van der Waals surface area contributed by atoms with Crippen molar-refractivity contribution >= 4 is 0 Å². The van der Waals surface area contributed by atoms with E-state index in [9.17, 15) is 0 Å². The summed E-state index contributed by atoms with van der Waals surface area (Å²) in [6.07, 6.45) is 3.65. The van der Waals surface area contributed by atoms with E-state index >= 15 is 0 Å². The van der Waals surface area contributed by atoms with Crippen LogP contribution in [0.1, 0.15) is 29.7 Å². The smallest absolute Gasteiger partial charge is 0.232 e. The molecule has 0 saturated heterocycles. The van der Waals surface area contributed by atoms with Crippen molar-refractivity contribution in [1.82, 2.24) is 4.98 Å². The van der Waals surface area contributed by atoms with Gasteiger partial charge < -0.3 is 4.74 Å². The topological polar surface area (TPSA) is 45.9 Å². The molecule has 0 amide bonds. The molecule has 0 atom stereocenters. The molecule has 0 unspecified atom stereocenters. The molecule has 0 bridgehead atoms.